The van der Waals surface area contributed by atoms with Crippen LogP contribution in [0.1, 0.15) is 27.6 Å². The zero-order chi connectivity index (χ0) is 25.5. The summed E-state index contributed by atoms with van der Waals surface area (Å²) in [6.45, 7) is 6.30. The van der Waals surface area contributed by atoms with Crippen molar-refractivity contribution in [1.82, 2.24) is 29.7 Å². The fourth-order valence-corrected chi connectivity index (χ4v) is 5.23. The number of rotatable bonds is 5. The highest BCUT2D eigenvalue weighted by molar-refractivity contribution is 5.93. The van der Waals surface area contributed by atoms with Crippen LogP contribution in [0.25, 0.3) is 16.6 Å². The number of carbonyl (C=O) groups is 1. The Morgan fingerprint density at radius 2 is 1.95 bits per heavy atom. The highest BCUT2D eigenvalue weighted by Crippen LogP contribution is 2.36. The Balaban J connectivity index is 1.15. The molecule has 1 N–H and O–H groups in total. The molecule has 10 heteroatoms. The molecule has 0 bridgehead atoms. The monoisotopic (exact) mass is 501 g/mol. The molecule has 2 aliphatic rings. The number of hydrogen-bond acceptors (Lipinski definition) is 7. The van der Waals surface area contributed by atoms with Crippen LogP contribution >= 0.6 is 0 Å². The Kier molecular flexibility index (Phi) is 5.96. The average Bonchev–Trinajstić information content (AvgIpc) is 3.36. The number of anilines is 1. The van der Waals surface area contributed by atoms with Gasteiger partial charge in [-0.25, -0.2) is 19.3 Å². The molecule has 4 aromatic rings. The van der Waals surface area contributed by atoms with Crippen molar-refractivity contribution in [1.29, 1.82) is 0 Å². The van der Waals surface area contributed by atoms with Gasteiger partial charge in [0.05, 0.1) is 16.9 Å². The lowest BCUT2D eigenvalue weighted by atomic mass is 10.1. The van der Waals surface area contributed by atoms with Crippen LogP contribution in [0.2, 0.25) is 0 Å². The molecule has 0 radical (unpaired) electrons. The molecule has 0 saturated carbocycles. The average molecular weight is 502 g/mol. The Labute approximate surface area is 213 Å². The summed E-state index contributed by atoms with van der Waals surface area (Å²) in [4.78, 5) is 30.1. The lowest BCUT2D eigenvalue weighted by molar-refractivity contribution is 0.0955. The zero-order valence-corrected chi connectivity index (χ0v) is 20.9. The van der Waals surface area contributed by atoms with E-state index in [-0.39, 0.29) is 18.3 Å². The molecular weight excluding hydrogens is 473 g/mol. The molecular formula is C27H28FN7O2. The number of carbonyl (C=O) groups excluding carboxylic acids is 1. The number of fused-ring (bicyclic) bond motifs is 4. The number of aromatic nitrogens is 4. The molecule has 2 aromatic heterocycles. The van der Waals surface area contributed by atoms with Crippen LogP contribution in [0.5, 0.6) is 5.75 Å². The number of nitrogens with one attached hydrogen (secondary N) is 1. The van der Waals surface area contributed by atoms with Crippen LogP contribution in [0.4, 0.5) is 10.1 Å². The molecule has 1 saturated heterocycles. The molecule has 0 atom stereocenters. The van der Waals surface area contributed by atoms with E-state index in [1.807, 2.05) is 29.8 Å². The van der Waals surface area contributed by atoms with Gasteiger partial charge in [-0.3, -0.25) is 14.3 Å². The van der Waals surface area contributed by atoms with Crippen molar-refractivity contribution < 1.29 is 13.9 Å². The minimum absolute atomic E-state index is 0.166. The molecule has 2 aromatic carbocycles. The highest BCUT2D eigenvalue weighted by Gasteiger charge is 2.28. The van der Waals surface area contributed by atoms with Crippen molar-refractivity contribution in [3.05, 3.63) is 71.4 Å². The van der Waals surface area contributed by atoms with Gasteiger partial charge in [0.1, 0.15) is 30.3 Å². The van der Waals surface area contributed by atoms with E-state index in [2.05, 4.69) is 36.1 Å². The van der Waals surface area contributed by atoms with E-state index in [0.29, 0.717) is 34.8 Å². The number of hydrogen-bond donors (Lipinski definition) is 1. The maximum atomic E-state index is 14.9. The molecule has 0 unspecified atom stereocenters. The summed E-state index contributed by atoms with van der Waals surface area (Å²) < 4.78 is 22.8. The molecule has 4 heterocycles. The SMILES string of the molecule is CNC(=O)c1ncn2c1COc1c-2ccc(F)c1CCN1CCN(c2cccc3nc(C)ncc23)CC1. The fourth-order valence-electron chi connectivity index (χ4n) is 5.23. The van der Waals surface area contributed by atoms with Gasteiger partial charge in [-0.15, -0.1) is 0 Å². The lowest BCUT2D eigenvalue weighted by Gasteiger charge is -2.36. The normalized spacial score (nSPS) is 15.3. The maximum absolute atomic E-state index is 14.9. The number of halogens is 1. The molecule has 9 nitrogen and oxygen atoms in total. The third-order valence-corrected chi connectivity index (χ3v) is 7.22. The Morgan fingerprint density at radius 3 is 2.76 bits per heavy atom. The van der Waals surface area contributed by atoms with Crippen LogP contribution < -0.4 is 15.0 Å². The number of ether oxygens (including phenoxy) is 1. The van der Waals surface area contributed by atoms with Crippen molar-refractivity contribution in [2.75, 3.05) is 44.7 Å². The van der Waals surface area contributed by atoms with Crippen molar-refractivity contribution in [2.24, 2.45) is 0 Å². The standard InChI is InChI=1S/C27H28FN7O2/c1-17-30-14-19-21(32-17)4-3-5-22(19)34-12-10-33(11-13-34)9-8-18-20(28)6-7-23-26(18)37-15-24-25(27(36)29-2)31-16-35(23)24/h3-7,14,16H,8-13,15H2,1-2H3,(H,29,36). The molecule has 6 rings (SSSR count). The third-order valence-electron chi connectivity index (χ3n) is 7.22. The van der Waals surface area contributed by atoms with Gasteiger partial charge >= 0.3 is 0 Å². The number of benzene rings is 2. The topological polar surface area (TPSA) is 88.4 Å². The second-order valence-corrected chi connectivity index (χ2v) is 9.36. The summed E-state index contributed by atoms with van der Waals surface area (Å²) in [6.07, 6.45) is 4.04. The van der Waals surface area contributed by atoms with E-state index in [4.69, 9.17) is 4.74 Å². The van der Waals surface area contributed by atoms with Crippen LogP contribution in [-0.4, -0.2) is 70.1 Å². The van der Waals surface area contributed by atoms with Crippen molar-refractivity contribution in [3.63, 3.8) is 0 Å². The summed E-state index contributed by atoms with van der Waals surface area (Å²) in [7, 11) is 1.57. The largest absolute Gasteiger partial charge is 0.485 e. The second kappa shape index (κ2) is 9.44. The minimum Gasteiger partial charge on any atom is -0.485 e. The van der Waals surface area contributed by atoms with Crippen LogP contribution in [0.3, 0.4) is 0 Å². The summed E-state index contributed by atoms with van der Waals surface area (Å²) in [5, 5.41) is 3.66. The number of piperazine rings is 1. The molecule has 1 fully saturated rings. The summed E-state index contributed by atoms with van der Waals surface area (Å²) in [6, 6.07) is 9.34. The van der Waals surface area contributed by atoms with Gasteiger partial charge in [-0.2, -0.15) is 0 Å². The van der Waals surface area contributed by atoms with E-state index < -0.39 is 0 Å². The highest BCUT2D eigenvalue weighted by atomic mass is 19.1. The Hall–Kier alpha value is -4.05. The lowest BCUT2D eigenvalue weighted by Crippen LogP contribution is -2.47. The molecule has 0 aliphatic carbocycles. The first-order valence-corrected chi connectivity index (χ1v) is 12.5. The van der Waals surface area contributed by atoms with Crippen molar-refractivity contribution in [3.8, 4) is 11.4 Å². The summed E-state index contributed by atoms with van der Waals surface area (Å²) in [5.41, 5.74) is 4.36. The second-order valence-electron chi connectivity index (χ2n) is 9.36. The first-order chi connectivity index (χ1) is 18.0. The van der Waals surface area contributed by atoms with Gasteiger partial charge < -0.3 is 15.0 Å². The molecule has 0 spiro atoms. The number of aryl methyl sites for hydroxylation is 1. The van der Waals surface area contributed by atoms with Gasteiger partial charge in [-0.05, 0) is 37.6 Å². The van der Waals surface area contributed by atoms with Crippen molar-refractivity contribution in [2.45, 2.75) is 20.0 Å². The predicted octanol–water partition coefficient (Wildman–Crippen LogP) is 2.88. The van der Waals surface area contributed by atoms with E-state index >= 15 is 0 Å². The van der Waals surface area contributed by atoms with Crippen LogP contribution in [0, 0.1) is 12.7 Å². The van der Waals surface area contributed by atoms with Gasteiger partial charge in [0.15, 0.2) is 5.69 Å². The van der Waals surface area contributed by atoms with E-state index in [9.17, 15) is 9.18 Å². The van der Waals surface area contributed by atoms with Gasteiger partial charge in [0.25, 0.3) is 5.91 Å². The summed E-state index contributed by atoms with van der Waals surface area (Å²) in [5.74, 6) is 0.745. The fraction of sp³-hybridized carbons (Fsp3) is 0.333. The van der Waals surface area contributed by atoms with Crippen molar-refractivity contribution >= 4 is 22.5 Å². The molecule has 190 valence electrons. The van der Waals surface area contributed by atoms with Crippen LogP contribution in [0.15, 0.2) is 42.9 Å². The first-order valence-electron chi connectivity index (χ1n) is 12.5. The van der Waals surface area contributed by atoms with Crippen LogP contribution in [-0.2, 0) is 13.0 Å². The Morgan fingerprint density at radius 1 is 1.11 bits per heavy atom. The number of nitrogens with zero attached hydrogens (tertiary/aromatic N) is 6. The van der Waals surface area contributed by atoms with Gasteiger partial charge in [-0.1, -0.05) is 6.07 Å². The zero-order valence-electron chi connectivity index (χ0n) is 20.9. The molecule has 1 amide bonds. The number of imidazole rings is 1. The maximum Gasteiger partial charge on any atom is 0.271 e. The third kappa shape index (κ3) is 4.17. The minimum atomic E-state index is -0.279. The van der Waals surface area contributed by atoms with E-state index in [1.165, 1.54) is 6.07 Å². The van der Waals surface area contributed by atoms with E-state index in [0.717, 1.165) is 55.1 Å². The predicted molar refractivity (Wildman–Crippen MR) is 138 cm³/mol. The number of amides is 1. The van der Waals surface area contributed by atoms with Gasteiger partial charge in [0, 0.05) is 62.6 Å². The van der Waals surface area contributed by atoms with E-state index in [1.54, 1.807) is 19.4 Å². The Bertz CT molecular complexity index is 1490. The van der Waals surface area contributed by atoms with Gasteiger partial charge in [0.2, 0.25) is 0 Å². The summed E-state index contributed by atoms with van der Waals surface area (Å²) >= 11 is 0. The molecule has 2 aliphatic heterocycles. The first kappa shape index (κ1) is 23.4. The quantitative estimate of drug-likeness (QED) is 0.450. The molecule has 37 heavy (non-hydrogen) atoms. The smallest absolute Gasteiger partial charge is 0.271 e.